The number of ether oxygens (including phenoxy) is 1. The van der Waals surface area contributed by atoms with Crippen LogP contribution in [0.25, 0.3) is 0 Å². The molecule has 0 atom stereocenters. The van der Waals surface area contributed by atoms with Gasteiger partial charge >= 0.3 is 11.7 Å². The van der Waals surface area contributed by atoms with Crippen LogP contribution in [-0.4, -0.2) is 35.2 Å². The first kappa shape index (κ1) is 23.3. The SMILES string of the molecule is COCCn1c(NC(=O)c2ccc(NC(N)=O)cc2)c(NCc2ccccc2)c(=O)[nH]c1=O. The number of aromatic amines is 1. The number of benzene rings is 2. The van der Waals surface area contributed by atoms with Crippen molar-refractivity contribution in [3.8, 4) is 0 Å². The average molecular weight is 452 g/mol. The van der Waals surface area contributed by atoms with E-state index in [2.05, 4.69) is 20.9 Å². The van der Waals surface area contributed by atoms with Gasteiger partial charge in [-0.3, -0.25) is 19.1 Å². The van der Waals surface area contributed by atoms with E-state index in [1.165, 1.54) is 35.9 Å². The fraction of sp³-hybridized carbons (Fsp3) is 0.182. The maximum atomic E-state index is 12.9. The molecule has 0 radical (unpaired) electrons. The highest BCUT2D eigenvalue weighted by Gasteiger charge is 2.18. The molecular formula is C22H24N6O5. The summed E-state index contributed by atoms with van der Waals surface area (Å²) in [6.45, 7) is 0.576. The topological polar surface area (TPSA) is 160 Å². The van der Waals surface area contributed by atoms with E-state index in [1.54, 1.807) is 0 Å². The third kappa shape index (κ3) is 6.08. The minimum absolute atomic E-state index is 0.0149. The third-order valence-corrected chi connectivity index (χ3v) is 4.68. The lowest BCUT2D eigenvalue weighted by molar-refractivity contribution is 0.102. The van der Waals surface area contributed by atoms with Gasteiger partial charge in [0.25, 0.3) is 11.5 Å². The second-order valence-electron chi connectivity index (χ2n) is 6.99. The van der Waals surface area contributed by atoms with Crippen molar-refractivity contribution in [2.24, 2.45) is 5.73 Å². The Morgan fingerprint density at radius 2 is 1.73 bits per heavy atom. The highest BCUT2D eigenvalue weighted by Crippen LogP contribution is 2.18. The number of methoxy groups -OCH3 is 1. The van der Waals surface area contributed by atoms with Crippen LogP contribution in [0.4, 0.5) is 22.0 Å². The Morgan fingerprint density at radius 1 is 1.03 bits per heavy atom. The van der Waals surface area contributed by atoms with Crippen LogP contribution in [0, 0.1) is 0 Å². The molecule has 0 aliphatic heterocycles. The zero-order chi connectivity index (χ0) is 23.8. The van der Waals surface area contributed by atoms with Gasteiger partial charge in [0.1, 0.15) is 11.5 Å². The van der Waals surface area contributed by atoms with E-state index in [9.17, 15) is 19.2 Å². The molecule has 0 aliphatic rings. The Balaban J connectivity index is 1.94. The van der Waals surface area contributed by atoms with Crippen LogP contribution in [0.1, 0.15) is 15.9 Å². The molecule has 0 saturated heterocycles. The van der Waals surface area contributed by atoms with Crippen LogP contribution in [-0.2, 0) is 17.8 Å². The number of nitrogens with one attached hydrogen (secondary N) is 4. The molecule has 2 aromatic carbocycles. The van der Waals surface area contributed by atoms with Crippen molar-refractivity contribution in [1.82, 2.24) is 9.55 Å². The molecule has 3 aromatic rings. The highest BCUT2D eigenvalue weighted by atomic mass is 16.5. The van der Waals surface area contributed by atoms with Crippen molar-refractivity contribution < 1.29 is 14.3 Å². The Kier molecular flexibility index (Phi) is 7.60. The highest BCUT2D eigenvalue weighted by molar-refractivity contribution is 6.05. The number of anilines is 3. The molecule has 0 saturated carbocycles. The summed E-state index contributed by atoms with van der Waals surface area (Å²) in [5, 5.41) is 8.07. The van der Waals surface area contributed by atoms with E-state index >= 15 is 0 Å². The number of nitrogens with two attached hydrogens (primary N) is 1. The number of primary amides is 1. The molecule has 0 bridgehead atoms. The maximum absolute atomic E-state index is 12.9. The molecule has 172 valence electrons. The van der Waals surface area contributed by atoms with E-state index in [0.29, 0.717) is 12.2 Å². The van der Waals surface area contributed by atoms with Gasteiger partial charge in [-0.2, -0.15) is 0 Å². The smallest absolute Gasteiger partial charge is 0.330 e. The number of H-pyrrole nitrogens is 1. The molecule has 1 aromatic heterocycles. The Hall–Kier alpha value is -4.38. The van der Waals surface area contributed by atoms with Crippen molar-refractivity contribution in [2.45, 2.75) is 13.1 Å². The van der Waals surface area contributed by atoms with Crippen LogP contribution < -0.4 is 32.9 Å². The number of aromatic nitrogens is 2. The number of hydrogen-bond acceptors (Lipinski definition) is 6. The van der Waals surface area contributed by atoms with Crippen molar-refractivity contribution in [2.75, 3.05) is 29.7 Å². The van der Waals surface area contributed by atoms with E-state index in [0.717, 1.165) is 5.56 Å². The zero-order valence-corrected chi connectivity index (χ0v) is 17.9. The zero-order valence-electron chi connectivity index (χ0n) is 17.9. The monoisotopic (exact) mass is 452 g/mol. The Labute approximate surface area is 188 Å². The minimum atomic E-state index is -0.730. The molecule has 3 rings (SSSR count). The van der Waals surface area contributed by atoms with E-state index in [4.69, 9.17) is 10.5 Å². The lowest BCUT2D eigenvalue weighted by atomic mass is 10.2. The molecule has 0 fully saturated rings. The summed E-state index contributed by atoms with van der Waals surface area (Å²) in [7, 11) is 1.48. The van der Waals surface area contributed by atoms with Crippen molar-refractivity contribution in [3.05, 3.63) is 86.6 Å². The number of hydrogen-bond donors (Lipinski definition) is 5. The summed E-state index contributed by atoms with van der Waals surface area (Å²) in [5.74, 6) is -0.541. The number of carbonyl (C=O) groups excluding carboxylic acids is 2. The second kappa shape index (κ2) is 10.8. The lowest BCUT2D eigenvalue weighted by Crippen LogP contribution is -2.36. The molecule has 11 heteroatoms. The predicted molar refractivity (Wildman–Crippen MR) is 125 cm³/mol. The van der Waals surface area contributed by atoms with Crippen LogP contribution >= 0.6 is 0 Å². The molecule has 11 nitrogen and oxygen atoms in total. The fourth-order valence-corrected chi connectivity index (χ4v) is 3.07. The van der Waals surface area contributed by atoms with Crippen LogP contribution in [0.3, 0.4) is 0 Å². The normalized spacial score (nSPS) is 10.5. The number of nitrogens with zero attached hydrogens (tertiary/aromatic N) is 1. The fourth-order valence-electron chi connectivity index (χ4n) is 3.07. The lowest BCUT2D eigenvalue weighted by Gasteiger charge is -2.18. The summed E-state index contributed by atoms with van der Waals surface area (Å²) in [5.41, 5.74) is 5.33. The predicted octanol–water partition coefficient (Wildman–Crippen LogP) is 1.54. The first-order chi connectivity index (χ1) is 15.9. The minimum Gasteiger partial charge on any atom is -0.383 e. The molecule has 1 heterocycles. The van der Waals surface area contributed by atoms with E-state index in [1.807, 2.05) is 30.3 Å². The molecule has 6 N–H and O–H groups in total. The number of rotatable bonds is 9. The van der Waals surface area contributed by atoms with Gasteiger partial charge in [-0.25, -0.2) is 9.59 Å². The molecule has 0 unspecified atom stereocenters. The summed E-state index contributed by atoms with van der Waals surface area (Å²) < 4.78 is 6.28. The van der Waals surface area contributed by atoms with Crippen LogP contribution in [0.15, 0.2) is 64.2 Å². The molecule has 3 amide bonds. The quantitative estimate of drug-likeness (QED) is 0.331. The maximum Gasteiger partial charge on any atom is 0.330 e. The van der Waals surface area contributed by atoms with Crippen LogP contribution in [0.5, 0.6) is 0 Å². The van der Waals surface area contributed by atoms with E-state index in [-0.39, 0.29) is 30.2 Å². The summed E-state index contributed by atoms with van der Waals surface area (Å²) in [6.07, 6.45) is 0. The second-order valence-corrected chi connectivity index (χ2v) is 6.99. The number of urea groups is 1. The first-order valence-corrected chi connectivity index (χ1v) is 10.0. The first-order valence-electron chi connectivity index (χ1n) is 10.0. The van der Waals surface area contributed by atoms with Gasteiger partial charge in [-0.05, 0) is 29.8 Å². The summed E-state index contributed by atoms with van der Waals surface area (Å²) in [4.78, 5) is 51.2. The average Bonchev–Trinajstić information content (AvgIpc) is 2.79. The van der Waals surface area contributed by atoms with Crippen molar-refractivity contribution in [1.29, 1.82) is 0 Å². The largest absolute Gasteiger partial charge is 0.383 e. The third-order valence-electron chi connectivity index (χ3n) is 4.68. The molecule has 33 heavy (non-hydrogen) atoms. The van der Waals surface area contributed by atoms with Crippen LogP contribution in [0.2, 0.25) is 0 Å². The standard InChI is InChI=1S/C22H24N6O5/c1-33-12-11-28-18(26-19(29)15-7-9-16(10-8-15)25-21(23)31)17(20(30)27-22(28)32)24-13-14-5-3-2-4-6-14/h2-10,24H,11-13H2,1H3,(H,26,29)(H3,23,25,31)(H,27,30,32). The van der Waals surface area contributed by atoms with Gasteiger partial charge < -0.3 is 26.4 Å². The van der Waals surface area contributed by atoms with Gasteiger partial charge in [0.05, 0.1) is 13.2 Å². The summed E-state index contributed by atoms with van der Waals surface area (Å²) in [6, 6.07) is 14.6. The number of amides is 3. The number of carbonyl (C=O) groups is 2. The molecular weight excluding hydrogens is 428 g/mol. The van der Waals surface area contributed by atoms with Gasteiger partial charge in [0.15, 0.2) is 0 Å². The van der Waals surface area contributed by atoms with Gasteiger partial charge in [0.2, 0.25) is 0 Å². The van der Waals surface area contributed by atoms with Gasteiger partial charge in [-0.1, -0.05) is 30.3 Å². The van der Waals surface area contributed by atoms with Gasteiger partial charge in [-0.15, -0.1) is 0 Å². The summed E-state index contributed by atoms with van der Waals surface area (Å²) >= 11 is 0. The van der Waals surface area contributed by atoms with Crippen molar-refractivity contribution >= 4 is 29.1 Å². The molecule has 0 aliphatic carbocycles. The molecule has 0 spiro atoms. The van der Waals surface area contributed by atoms with Gasteiger partial charge in [0, 0.05) is 24.9 Å². The van der Waals surface area contributed by atoms with E-state index < -0.39 is 23.2 Å². The van der Waals surface area contributed by atoms with Crippen molar-refractivity contribution in [3.63, 3.8) is 0 Å². The Bertz CT molecular complexity index is 1230. The Morgan fingerprint density at radius 3 is 2.36 bits per heavy atom.